The second-order valence-corrected chi connectivity index (χ2v) is 6.42. The summed E-state index contributed by atoms with van der Waals surface area (Å²) in [6.45, 7) is 8.35. The molecular weight excluding hydrogens is 296 g/mol. The van der Waals surface area contributed by atoms with E-state index in [1.807, 2.05) is 44.4 Å². The van der Waals surface area contributed by atoms with Crippen molar-refractivity contribution in [2.24, 2.45) is 0 Å². The van der Waals surface area contributed by atoms with Crippen LogP contribution in [0.15, 0.2) is 23.6 Å². The van der Waals surface area contributed by atoms with E-state index >= 15 is 0 Å². The van der Waals surface area contributed by atoms with Crippen LogP contribution in [0.1, 0.15) is 28.8 Å². The number of carbonyl (C=O) groups is 1. The van der Waals surface area contributed by atoms with Crippen molar-refractivity contribution in [1.82, 2.24) is 10.3 Å². The highest BCUT2D eigenvalue weighted by atomic mass is 32.1. The van der Waals surface area contributed by atoms with Gasteiger partial charge in [0, 0.05) is 18.3 Å². The maximum Gasteiger partial charge on any atom is 0.260 e. The van der Waals surface area contributed by atoms with Crippen molar-refractivity contribution < 1.29 is 9.53 Å². The maximum atomic E-state index is 12.1. The third-order valence-electron chi connectivity index (χ3n) is 3.57. The highest BCUT2D eigenvalue weighted by molar-refractivity contribution is 7.09. The highest BCUT2D eigenvalue weighted by Crippen LogP contribution is 2.21. The Balaban J connectivity index is 1.83. The fourth-order valence-corrected chi connectivity index (χ4v) is 2.72. The average molecular weight is 318 g/mol. The molecule has 2 aromatic rings. The fraction of sp³-hybridized carbons (Fsp3) is 0.412. The van der Waals surface area contributed by atoms with E-state index in [1.165, 1.54) is 0 Å². The van der Waals surface area contributed by atoms with Gasteiger partial charge < -0.3 is 10.1 Å². The SMILES string of the molecule is Cc1nc(CCNC(=O)[C@H](C)Oc2cccc(C)c2C)cs1. The summed E-state index contributed by atoms with van der Waals surface area (Å²) in [6, 6.07) is 5.86. The molecule has 0 saturated carbocycles. The molecule has 1 heterocycles. The van der Waals surface area contributed by atoms with Crippen molar-refractivity contribution in [3.63, 3.8) is 0 Å². The molecule has 1 aromatic carbocycles. The van der Waals surface area contributed by atoms with Crippen LogP contribution < -0.4 is 10.1 Å². The minimum atomic E-state index is -0.516. The molecule has 0 saturated heterocycles. The Bertz CT molecular complexity index is 652. The first-order chi connectivity index (χ1) is 10.5. The Hall–Kier alpha value is -1.88. The van der Waals surface area contributed by atoms with Crippen LogP contribution in [-0.2, 0) is 11.2 Å². The lowest BCUT2D eigenvalue weighted by Gasteiger charge is -2.17. The number of hydrogen-bond acceptors (Lipinski definition) is 4. The van der Waals surface area contributed by atoms with E-state index in [-0.39, 0.29) is 5.91 Å². The number of nitrogens with one attached hydrogen (secondary N) is 1. The standard InChI is InChI=1S/C17H22N2O2S/c1-11-6-5-7-16(12(11)2)21-13(3)17(20)18-9-8-15-10-22-14(4)19-15/h5-7,10,13H,8-9H2,1-4H3,(H,18,20)/t13-/m0/s1. The summed E-state index contributed by atoms with van der Waals surface area (Å²) in [5.74, 6) is 0.658. The number of aromatic nitrogens is 1. The molecule has 0 bridgehead atoms. The van der Waals surface area contributed by atoms with Crippen LogP contribution in [0, 0.1) is 20.8 Å². The minimum Gasteiger partial charge on any atom is -0.481 e. The summed E-state index contributed by atoms with van der Waals surface area (Å²) in [7, 11) is 0. The van der Waals surface area contributed by atoms with Gasteiger partial charge in [0.2, 0.25) is 0 Å². The zero-order valence-electron chi connectivity index (χ0n) is 13.5. The lowest BCUT2D eigenvalue weighted by molar-refractivity contribution is -0.127. The van der Waals surface area contributed by atoms with Gasteiger partial charge in [0.1, 0.15) is 5.75 Å². The smallest absolute Gasteiger partial charge is 0.260 e. The van der Waals surface area contributed by atoms with Gasteiger partial charge in [-0.15, -0.1) is 11.3 Å². The number of aryl methyl sites for hydroxylation is 2. The molecule has 1 aromatic heterocycles. The molecule has 0 radical (unpaired) electrons. The predicted molar refractivity (Wildman–Crippen MR) is 89.6 cm³/mol. The van der Waals surface area contributed by atoms with Gasteiger partial charge in [0.25, 0.3) is 5.91 Å². The Labute approximate surface area is 135 Å². The maximum absolute atomic E-state index is 12.1. The summed E-state index contributed by atoms with van der Waals surface area (Å²) < 4.78 is 5.77. The lowest BCUT2D eigenvalue weighted by Crippen LogP contribution is -2.37. The quantitative estimate of drug-likeness (QED) is 0.890. The molecule has 2 rings (SSSR count). The molecule has 22 heavy (non-hydrogen) atoms. The second kappa shape index (κ2) is 7.40. The van der Waals surface area contributed by atoms with Crippen molar-refractivity contribution in [2.75, 3.05) is 6.54 Å². The van der Waals surface area contributed by atoms with E-state index in [0.717, 1.165) is 34.0 Å². The third-order valence-corrected chi connectivity index (χ3v) is 4.40. The van der Waals surface area contributed by atoms with Crippen LogP contribution in [0.2, 0.25) is 0 Å². The number of thiazole rings is 1. The second-order valence-electron chi connectivity index (χ2n) is 5.36. The monoisotopic (exact) mass is 318 g/mol. The van der Waals surface area contributed by atoms with Gasteiger partial charge >= 0.3 is 0 Å². The number of benzene rings is 1. The summed E-state index contributed by atoms with van der Waals surface area (Å²) in [4.78, 5) is 16.5. The zero-order valence-corrected chi connectivity index (χ0v) is 14.3. The fourth-order valence-electron chi connectivity index (χ4n) is 2.08. The van der Waals surface area contributed by atoms with Crippen LogP contribution in [0.25, 0.3) is 0 Å². The van der Waals surface area contributed by atoms with Crippen molar-refractivity contribution in [3.05, 3.63) is 45.4 Å². The Morgan fingerprint density at radius 3 is 2.82 bits per heavy atom. The summed E-state index contributed by atoms with van der Waals surface area (Å²) >= 11 is 1.63. The summed E-state index contributed by atoms with van der Waals surface area (Å²) in [5.41, 5.74) is 3.25. The predicted octanol–water partition coefficient (Wildman–Crippen LogP) is 3.19. The van der Waals surface area contributed by atoms with Gasteiger partial charge in [-0.25, -0.2) is 4.98 Å². The van der Waals surface area contributed by atoms with E-state index in [4.69, 9.17) is 4.74 Å². The van der Waals surface area contributed by atoms with E-state index in [2.05, 4.69) is 10.3 Å². The van der Waals surface area contributed by atoms with E-state index < -0.39 is 6.10 Å². The summed E-state index contributed by atoms with van der Waals surface area (Å²) in [6.07, 6.45) is 0.226. The molecule has 0 unspecified atom stereocenters. The Kier molecular flexibility index (Phi) is 5.55. The largest absolute Gasteiger partial charge is 0.481 e. The highest BCUT2D eigenvalue weighted by Gasteiger charge is 2.15. The van der Waals surface area contributed by atoms with Crippen LogP contribution >= 0.6 is 11.3 Å². The van der Waals surface area contributed by atoms with E-state index in [9.17, 15) is 4.79 Å². The topological polar surface area (TPSA) is 51.2 Å². The van der Waals surface area contributed by atoms with Gasteiger partial charge in [-0.3, -0.25) is 4.79 Å². The van der Waals surface area contributed by atoms with Crippen molar-refractivity contribution in [3.8, 4) is 5.75 Å². The minimum absolute atomic E-state index is 0.104. The van der Waals surface area contributed by atoms with Gasteiger partial charge in [-0.1, -0.05) is 12.1 Å². The Morgan fingerprint density at radius 2 is 2.14 bits per heavy atom. The number of amides is 1. The zero-order chi connectivity index (χ0) is 16.1. The first kappa shape index (κ1) is 16.5. The molecular formula is C17H22N2O2S. The molecule has 0 fully saturated rings. The van der Waals surface area contributed by atoms with Gasteiger partial charge in [-0.2, -0.15) is 0 Å². The van der Waals surface area contributed by atoms with E-state index in [0.29, 0.717) is 6.54 Å². The number of ether oxygens (including phenoxy) is 1. The normalized spacial score (nSPS) is 12.0. The molecule has 0 aliphatic heterocycles. The van der Waals surface area contributed by atoms with Gasteiger partial charge in [-0.05, 0) is 44.9 Å². The van der Waals surface area contributed by atoms with Crippen LogP contribution in [0.5, 0.6) is 5.75 Å². The van der Waals surface area contributed by atoms with Crippen molar-refractivity contribution in [2.45, 2.75) is 40.2 Å². The molecule has 0 spiro atoms. The van der Waals surface area contributed by atoms with Gasteiger partial charge in [0.15, 0.2) is 6.10 Å². The summed E-state index contributed by atoms with van der Waals surface area (Å²) in [5, 5.41) is 5.97. The first-order valence-electron chi connectivity index (χ1n) is 7.39. The Morgan fingerprint density at radius 1 is 1.36 bits per heavy atom. The molecule has 1 atom stereocenters. The molecule has 0 aliphatic carbocycles. The average Bonchev–Trinajstić information content (AvgIpc) is 2.89. The number of carbonyl (C=O) groups excluding carboxylic acids is 1. The van der Waals surface area contributed by atoms with Gasteiger partial charge in [0.05, 0.1) is 10.7 Å². The van der Waals surface area contributed by atoms with Crippen molar-refractivity contribution >= 4 is 17.2 Å². The molecule has 5 heteroatoms. The number of nitrogens with zero attached hydrogens (tertiary/aromatic N) is 1. The molecule has 1 N–H and O–H groups in total. The lowest BCUT2D eigenvalue weighted by atomic mass is 10.1. The first-order valence-corrected chi connectivity index (χ1v) is 8.27. The molecule has 118 valence electrons. The van der Waals surface area contributed by atoms with Crippen molar-refractivity contribution in [1.29, 1.82) is 0 Å². The molecule has 0 aliphatic rings. The van der Waals surface area contributed by atoms with Crippen LogP contribution in [0.4, 0.5) is 0 Å². The van der Waals surface area contributed by atoms with Crippen LogP contribution in [-0.4, -0.2) is 23.5 Å². The number of rotatable bonds is 6. The van der Waals surface area contributed by atoms with E-state index in [1.54, 1.807) is 18.3 Å². The van der Waals surface area contributed by atoms with Crippen LogP contribution in [0.3, 0.4) is 0 Å². The number of hydrogen-bond donors (Lipinski definition) is 1. The molecule has 1 amide bonds. The third kappa shape index (κ3) is 4.31. The molecule has 4 nitrogen and oxygen atoms in total.